The summed E-state index contributed by atoms with van der Waals surface area (Å²) in [4.78, 5) is 37.9. The van der Waals surface area contributed by atoms with Gasteiger partial charge in [0, 0.05) is 32.2 Å². The third-order valence-corrected chi connectivity index (χ3v) is 4.90. The number of aromatic nitrogens is 2. The highest BCUT2D eigenvalue weighted by Crippen LogP contribution is 2.26. The Kier molecular flexibility index (Phi) is 4.92. The Hall–Kier alpha value is -2.57. The highest BCUT2D eigenvalue weighted by Gasteiger charge is 2.21. The SMILES string of the molecule is COC(=O)CCC(C=O)n1c(=O)n(C)c2cc(N3CCCC3)ccc21. The molecular weight excluding hydrogens is 322 g/mol. The average molecular weight is 345 g/mol. The van der Waals surface area contributed by atoms with Gasteiger partial charge in [0.15, 0.2) is 0 Å². The van der Waals surface area contributed by atoms with Crippen LogP contribution in [0.2, 0.25) is 0 Å². The van der Waals surface area contributed by atoms with E-state index < -0.39 is 12.0 Å². The summed E-state index contributed by atoms with van der Waals surface area (Å²) in [7, 11) is 3.01. The maximum atomic E-state index is 12.7. The van der Waals surface area contributed by atoms with E-state index in [-0.39, 0.29) is 18.5 Å². The molecule has 7 heteroatoms. The molecule has 0 amide bonds. The molecule has 0 spiro atoms. The van der Waals surface area contributed by atoms with Gasteiger partial charge < -0.3 is 14.4 Å². The molecule has 3 rings (SSSR count). The summed E-state index contributed by atoms with van der Waals surface area (Å²) in [6.45, 7) is 2.05. The van der Waals surface area contributed by atoms with Crippen LogP contribution in [0, 0.1) is 0 Å². The number of rotatable bonds is 6. The van der Waals surface area contributed by atoms with Crippen LogP contribution in [0.15, 0.2) is 23.0 Å². The molecule has 7 nitrogen and oxygen atoms in total. The van der Waals surface area contributed by atoms with Crippen molar-refractivity contribution in [3.05, 3.63) is 28.7 Å². The van der Waals surface area contributed by atoms with Gasteiger partial charge in [-0.2, -0.15) is 0 Å². The van der Waals surface area contributed by atoms with E-state index in [0.29, 0.717) is 5.52 Å². The molecule has 134 valence electrons. The number of aldehydes is 1. The van der Waals surface area contributed by atoms with Gasteiger partial charge in [0.25, 0.3) is 0 Å². The molecule has 2 heterocycles. The summed E-state index contributed by atoms with van der Waals surface area (Å²) in [6.07, 6.45) is 3.41. The van der Waals surface area contributed by atoms with Crippen molar-refractivity contribution in [3.8, 4) is 0 Å². The van der Waals surface area contributed by atoms with Crippen molar-refractivity contribution in [1.29, 1.82) is 0 Å². The third-order valence-electron chi connectivity index (χ3n) is 4.90. The minimum absolute atomic E-state index is 0.0919. The third kappa shape index (κ3) is 3.18. The number of imidazole rings is 1. The number of methoxy groups -OCH3 is 1. The van der Waals surface area contributed by atoms with E-state index in [9.17, 15) is 14.4 Å². The van der Waals surface area contributed by atoms with Crippen molar-refractivity contribution >= 4 is 29.0 Å². The molecule has 1 aliphatic rings. The maximum Gasteiger partial charge on any atom is 0.329 e. The molecule has 1 fully saturated rings. The molecule has 0 radical (unpaired) electrons. The smallest absolute Gasteiger partial charge is 0.329 e. The first-order chi connectivity index (χ1) is 12.1. The van der Waals surface area contributed by atoms with Crippen molar-refractivity contribution in [2.75, 3.05) is 25.1 Å². The van der Waals surface area contributed by atoms with Crippen LogP contribution in [0.25, 0.3) is 11.0 Å². The molecular formula is C18H23N3O4. The van der Waals surface area contributed by atoms with Crippen LogP contribution in [0.1, 0.15) is 31.7 Å². The van der Waals surface area contributed by atoms with Gasteiger partial charge >= 0.3 is 11.7 Å². The highest BCUT2D eigenvalue weighted by molar-refractivity contribution is 5.82. The van der Waals surface area contributed by atoms with Gasteiger partial charge in [-0.3, -0.25) is 13.9 Å². The molecule has 1 atom stereocenters. The fourth-order valence-corrected chi connectivity index (χ4v) is 3.47. The lowest BCUT2D eigenvalue weighted by molar-refractivity contribution is -0.140. The van der Waals surface area contributed by atoms with Gasteiger partial charge in [0.05, 0.1) is 24.2 Å². The molecule has 1 aliphatic heterocycles. The number of hydrogen-bond donors (Lipinski definition) is 0. The van der Waals surface area contributed by atoms with Crippen LogP contribution in [0.5, 0.6) is 0 Å². The second-order valence-electron chi connectivity index (χ2n) is 6.40. The number of nitrogens with zero attached hydrogens (tertiary/aromatic N) is 3. The van der Waals surface area contributed by atoms with Gasteiger partial charge in [0.2, 0.25) is 0 Å². The van der Waals surface area contributed by atoms with E-state index in [1.54, 1.807) is 11.6 Å². The van der Waals surface area contributed by atoms with E-state index in [1.807, 2.05) is 18.2 Å². The Morgan fingerprint density at radius 3 is 2.64 bits per heavy atom. The van der Waals surface area contributed by atoms with Gasteiger partial charge in [0.1, 0.15) is 6.29 Å². The van der Waals surface area contributed by atoms with E-state index in [2.05, 4.69) is 9.64 Å². The summed E-state index contributed by atoms with van der Waals surface area (Å²) in [5, 5.41) is 0. The van der Waals surface area contributed by atoms with Crippen molar-refractivity contribution in [2.24, 2.45) is 7.05 Å². The minimum Gasteiger partial charge on any atom is -0.469 e. The monoisotopic (exact) mass is 345 g/mol. The fourth-order valence-electron chi connectivity index (χ4n) is 3.47. The zero-order valence-electron chi connectivity index (χ0n) is 14.6. The number of anilines is 1. The Bertz CT molecular complexity index is 846. The Balaban J connectivity index is 2.00. The van der Waals surface area contributed by atoms with Gasteiger partial charge in [-0.25, -0.2) is 4.79 Å². The molecule has 0 saturated carbocycles. The molecule has 1 unspecified atom stereocenters. The molecule has 1 aromatic carbocycles. The van der Waals surface area contributed by atoms with E-state index >= 15 is 0 Å². The van der Waals surface area contributed by atoms with Crippen molar-refractivity contribution in [2.45, 2.75) is 31.7 Å². The summed E-state index contributed by atoms with van der Waals surface area (Å²) < 4.78 is 7.65. The van der Waals surface area contributed by atoms with Crippen LogP contribution < -0.4 is 10.6 Å². The predicted molar refractivity (Wildman–Crippen MR) is 95.0 cm³/mol. The lowest BCUT2D eigenvalue weighted by atomic mass is 10.1. The molecule has 0 aliphatic carbocycles. The number of carbonyl (C=O) groups is 2. The summed E-state index contributed by atoms with van der Waals surface area (Å²) in [5.41, 5.74) is 2.34. The summed E-state index contributed by atoms with van der Waals surface area (Å²) >= 11 is 0. The molecule has 1 saturated heterocycles. The van der Waals surface area contributed by atoms with Crippen LogP contribution >= 0.6 is 0 Å². The Morgan fingerprint density at radius 2 is 2.00 bits per heavy atom. The van der Waals surface area contributed by atoms with Crippen LogP contribution in [-0.2, 0) is 21.4 Å². The second kappa shape index (κ2) is 7.13. The van der Waals surface area contributed by atoms with E-state index in [1.165, 1.54) is 24.5 Å². The highest BCUT2D eigenvalue weighted by atomic mass is 16.5. The van der Waals surface area contributed by atoms with Crippen molar-refractivity contribution in [3.63, 3.8) is 0 Å². The first-order valence-corrected chi connectivity index (χ1v) is 8.55. The number of fused-ring (bicyclic) bond motifs is 1. The van der Waals surface area contributed by atoms with Gasteiger partial charge in [-0.15, -0.1) is 0 Å². The lowest BCUT2D eigenvalue weighted by Gasteiger charge is -2.18. The van der Waals surface area contributed by atoms with Crippen molar-refractivity contribution < 1.29 is 14.3 Å². The topological polar surface area (TPSA) is 73.5 Å². The number of aryl methyl sites for hydroxylation is 1. The normalized spacial score (nSPS) is 15.5. The Morgan fingerprint density at radius 1 is 1.28 bits per heavy atom. The second-order valence-corrected chi connectivity index (χ2v) is 6.40. The fraction of sp³-hybridized carbons (Fsp3) is 0.500. The number of esters is 1. The molecule has 25 heavy (non-hydrogen) atoms. The lowest BCUT2D eigenvalue weighted by Crippen LogP contribution is -2.27. The largest absolute Gasteiger partial charge is 0.469 e. The number of benzene rings is 1. The van der Waals surface area contributed by atoms with Crippen LogP contribution in [0.4, 0.5) is 5.69 Å². The first kappa shape index (κ1) is 17.3. The van der Waals surface area contributed by atoms with Gasteiger partial charge in [-0.05, 0) is 37.5 Å². The zero-order valence-corrected chi connectivity index (χ0v) is 14.6. The molecule has 0 bridgehead atoms. The Labute approximate surface area is 145 Å². The zero-order chi connectivity index (χ0) is 18.0. The van der Waals surface area contributed by atoms with E-state index in [4.69, 9.17) is 0 Å². The molecule has 2 aromatic rings. The summed E-state index contributed by atoms with van der Waals surface area (Å²) in [5.74, 6) is -0.392. The average Bonchev–Trinajstić information content (AvgIpc) is 3.25. The molecule has 1 aromatic heterocycles. The number of carbonyl (C=O) groups excluding carboxylic acids is 2. The van der Waals surface area contributed by atoms with Crippen molar-refractivity contribution in [1.82, 2.24) is 9.13 Å². The quantitative estimate of drug-likeness (QED) is 0.588. The van der Waals surface area contributed by atoms with E-state index in [0.717, 1.165) is 30.6 Å². The van der Waals surface area contributed by atoms with Crippen LogP contribution in [-0.4, -0.2) is 41.6 Å². The summed E-state index contributed by atoms with van der Waals surface area (Å²) in [6, 6.07) is 5.19. The maximum absolute atomic E-state index is 12.7. The number of hydrogen-bond acceptors (Lipinski definition) is 5. The predicted octanol–water partition coefficient (Wildman–Crippen LogP) is 1.63. The molecule has 0 N–H and O–H groups in total. The standard InChI is InChI=1S/C18H23N3O4/c1-19-16-11-13(20-9-3-4-10-20)5-7-15(16)21(18(19)24)14(12-22)6-8-17(23)25-2/h5,7,11-12,14H,3-4,6,8-10H2,1-2H3. The van der Waals surface area contributed by atoms with Crippen LogP contribution in [0.3, 0.4) is 0 Å². The number of ether oxygens (including phenoxy) is 1. The minimum atomic E-state index is -0.687. The van der Waals surface area contributed by atoms with Gasteiger partial charge in [-0.1, -0.05) is 0 Å². The first-order valence-electron chi connectivity index (χ1n) is 8.55.